The van der Waals surface area contributed by atoms with Gasteiger partial charge in [0.1, 0.15) is 0 Å². The molecule has 0 aliphatic carbocycles. The van der Waals surface area contributed by atoms with Gasteiger partial charge < -0.3 is 19.9 Å². The van der Waals surface area contributed by atoms with Crippen molar-refractivity contribution in [2.75, 3.05) is 52.9 Å². The van der Waals surface area contributed by atoms with Gasteiger partial charge in [0, 0.05) is 32.6 Å². The number of likely N-dealkylation sites (tertiary alicyclic amines) is 1. The fourth-order valence-corrected chi connectivity index (χ4v) is 2.55. The van der Waals surface area contributed by atoms with Gasteiger partial charge in [-0.15, -0.1) is 24.8 Å². The molecule has 134 valence electrons. The first-order valence-corrected chi connectivity index (χ1v) is 7.97. The highest BCUT2D eigenvalue weighted by molar-refractivity contribution is 5.85. The van der Waals surface area contributed by atoms with Crippen LogP contribution in [0.25, 0.3) is 0 Å². The van der Waals surface area contributed by atoms with Gasteiger partial charge in [0.25, 0.3) is 0 Å². The Labute approximate surface area is 147 Å². The van der Waals surface area contributed by atoms with E-state index in [1.54, 1.807) is 0 Å². The third-order valence-corrected chi connectivity index (χ3v) is 4.04. The number of halogens is 2. The quantitative estimate of drug-likeness (QED) is 0.683. The number of rotatable bonds is 9. The largest absolute Gasteiger partial charge is 0.377 e. The number of carbonyl (C=O) groups excluding carboxylic acids is 1. The molecule has 1 heterocycles. The molecule has 0 aromatic heterocycles. The van der Waals surface area contributed by atoms with Gasteiger partial charge in [0.05, 0.1) is 12.7 Å². The van der Waals surface area contributed by atoms with Crippen molar-refractivity contribution >= 4 is 30.7 Å². The molecular formula is C15H33Cl2N3O2. The summed E-state index contributed by atoms with van der Waals surface area (Å²) in [6, 6.07) is 0. The van der Waals surface area contributed by atoms with Gasteiger partial charge in [-0.2, -0.15) is 0 Å². The van der Waals surface area contributed by atoms with Crippen LogP contribution in [-0.4, -0.2) is 74.7 Å². The van der Waals surface area contributed by atoms with Crippen molar-refractivity contribution in [3.63, 3.8) is 0 Å². The average molecular weight is 358 g/mol. The molecule has 1 saturated heterocycles. The van der Waals surface area contributed by atoms with Crippen LogP contribution in [0, 0.1) is 0 Å². The van der Waals surface area contributed by atoms with Crippen molar-refractivity contribution in [1.82, 2.24) is 15.1 Å². The molecule has 22 heavy (non-hydrogen) atoms. The van der Waals surface area contributed by atoms with Crippen molar-refractivity contribution in [3.05, 3.63) is 0 Å². The van der Waals surface area contributed by atoms with Gasteiger partial charge in [-0.1, -0.05) is 13.8 Å². The van der Waals surface area contributed by atoms with Crippen LogP contribution >= 0.6 is 24.8 Å². The Hall–Kier alpha value is -0.0700. The SMILES string of the molecule is CCN(CC)CCOC1CCN(C(=O)CCNC)CC1.Cl.Cl. The summed E-state index contributed by atoms with van der Waals surface area (Å²) in [5.74, 6) is 0.265. The summed E-state index contributed by atoms with van der Waals surface area (Å²) in [5.41, 5.74) is 0. The molecule has 1 fully saturated rings. The molecule has 0 aromatic rings. The Morgan fingerprint density at radius 3 is 2.32 bits per heavy atom. The first-order chi connectivity index (χ1) is 9.71. The van der Waals surface area contributed by atoms with Crippen LogP contribution in [0.1, 0.15) is 33.1 Å². The van der Waals surface area contributed by atoms with Crippen molar-refractivity contribution in [2.45, 2.75) is 39.2 Å². The van der Waals surface area contributed by atoms with Crippen LogP contribution in [0.3, 0.4) is 0 Å². The number of nitrogens with zero attached hydrogens (tertiary/aromatic N) is 2. The van der Waals surface area contributed by atoms with Gasteiger partial charge in [-0.05, 0) is 33.0 Å². The zero-order valence-corrected chi connectivity index (χ0v) is 15.8. The van der Waals surface area contributed by atoms with Gasteiger partial charge in [0.15, 0.2) is 0 Å². The monoisotopic (exact) mass is 357 g/mol. The maximum absolute atomic E-state index is 11.9. The molecule has 7 heteroatoms. The van der Waals surface area contributed by atoms with Crippen LogP contribution in [-0.2, 0) is 9.53 Å². The van der Waals surface area contributed by atoms with Crippen molar-refractivity contribution in [3.8, 4) is 0 Å². The minimum Gasteiger partial charge on any atom is -0.377 e. The standard InChI is InChI=1S/C15H31N3O2.2ClH/c1-4-17(5-2)12-13-20-14-7-10-18(11-8-14)15(19)6-9-16-3;;/h14,16H,4-13H2,1-3H3;2*1H. The number of likely N-dealkylation sites (N-methyl/N-ethyl adjacent to an activating group) is 1. The highest BCUT2D eigenvalue weighted by Crippen LogP contribution is 2.14. The molecule has 0 unspecified atom stereocenters. The summed E-state index contributed by atoms with van der Waals surface area (Å²) in [4.78, 5) is 16.2. The maximum Gasteiger partial charge on any atom is 0.223 e. The highest BCUT2D eigenvalue weighted by Gasteiger charge is 2.22. The van der Waals surface area contributed by atoms with Gasteiger partial charge in [-0.3, -0.25) is 4.79 Å². The second-order valence-corrected chi connectivity index (χ2v) is 5.33. The Morgan fingerprint density at radius 2 is 1.82 bits per heavy atom. The highest BCUT2D eigenvalue weighted by atomic mass is 35.5. The van der Waals surface area contributed by atoms with Gasteiger partial charge >= 0.3 is 0 Å². The summed E-state index contributed by atoms with van der Waals surface area (Å²) in [5, 5.41) is 3.02. The molecule has 0 saturated carbocycles. The van der Waals surface area contributed by atoms with E-state index in [1.165, 1.54) is 0 Å². The Bertz CT molecular complexity index is 272. The molecule has 0 bridgehead atoms. The molecule has 1 aliphatic heterocycles. The normalized spacial score (nSPS) is 15.4. The topological polar surface area (TPSA) is 44.8 Å². The van der Waals surface area contributed by atoms with E-state index in [9.17, 15) is 4.79 Å². The predicted molar refractivity (Wildman–Crippen MR) is 96.4 cm³/mol. The first-order valence-electron chi connectivity index (χ1n) is 7.97. The molecule has 0 aromatic carbocycles. The Balaban J connectivity index is 0. The van der Waals surface area contributed by atoms with E-state index in [-0.39, 0.29) is 30.7 Å². The number of hydrogen-bond acceptors (Lipinski definition) is 4. The Kier molecular flexibility index (Phi) is 16.0. The molecule has 1 aliphatic rings. The summed E-state index contributed by atoms with van der Waals surface area (Å²) in [6.07, 6.45) is 2.88. The number of amides is 1. The minimum atomic E-state index is 0. The van der Waals surface area contributed by atoms with Crippen molar-refractivity contribution < 1.29 is 9.53 Å². The lowest BCUT2D eigenvalue weighted by molar-refractivity contribution is -0.133. The lowest BCUT2D eigenvalue weighted by Gasteiger charge is -2.32. The third kappa shape index (κ3) is 9.16. The number of carbonyl (C=O) groups is 1. The van der Waals surface area contributed by atoms with Crippen LogP contribution < -0.4 is 5.32 Å². The summed E-state index contributed by atoms with van der Waals surface area (Å²) < 4.78 is 5.93. The van der Waals surface area contributed by atoms with E-state index in [1.807, 2.05) is 11.9 Å². The van der Waals surface area contributed by atoms with Crippen LogP contribution in [0.15, 0.2) is 0 Å². The first kappa shape index (κ1) is 24.2. The molecule has 5 nitrogen and oxygen atoms in total. The smallest absolute Gasteiger partial charge is 0.223 e. The number of ether oxygens (including phenoxy) is 1. The second-order valence-electron chi connectivity index (χ2n) is 5.33. The van der Waals surface area contributed by atoms with Crippen LogP contribution in [0.4, 0.5) is 0 Å². The van der Waals surface area contributed by atoms with Gasteiger partial charge in [-0.25, -0.2) is 0 Å². The molecule has 0 atom stereocenters. The molecule has 1 rings (SSSR count). The van der Waals surface area contributed by atoms with Crippen LogP contribution in [0.5, 0.6) is 0 Å². The summed E-state index contributed by atoms with van der Waals surface area (Å²) in [7, 11) is 1.88. The third-order valence-electron chi connectivity index (χ3n) is 4.04. The van der Waals surface area contributed by atoms with E-state index < -0.39 is 0 Å². The predicted octanol–water partition coefficient (Wildman–Crippen LogP) is 1.79. The lowest BCUT2D eigenvalue weighted by Crippen LogP contribution is -2.42. The summed E-state index contributed by atoms with van der Waals surface area (Å²) >= 11 is 0. The van der Waals surface area contributed by atoms with E-state index in [0.717, 1.165) is 58.7 Å². The van der Waals surface area contributed by atoms with Gasteiger partial charge in [0.2, 0.25) is 5.91 Å². The van der Waals surface area contributed by atoms with Crippen molar-refractivity contribution in [1.29, 1.82) is 0 Å². The lowest BCUT2D eigenvalue weighted by atomic mass is 10.1. The maximum atomic E-state index is 11.9. The number of nitrogens with one attached hydrogen (secondary N) is 1. The average Bonchev–Trinajstić information content (AvgIpc) is 2.50. The van der Waals surface area contributed by atoms with E-state index in [2.05, 4.69) is 24.1 Å². The molecule has 1 N–H and O–H groups in total. The zero-order chi connectivity index (χ0) is 14.8. The Morgan fingerprint density at radius 1 is 1.23 bits per heavy atom. The fraction of sp³-hybridized carbons (Fsp3) is 0.933. The number of piperidine rings is 1. The molecule has 1 amide bonds. The number of hydrogen-bond donors (Lipinski definition) is 1. The molecule has 0 spiro atoms. The van der Waals surface area contributed by atoms with E-state index in [0.29, 0.717) is 12.5 Å². The van der Waals surface area contributed by atoms with E-state index in [4.69, 9.17) is 4.74 Å². The zero-order valence-electron chi connectivity index (χ0n) is 14.2. The molecule has 0 radical (unpaired) electrons. The fourth-order valence-electron chi connectivity index (χ4n) is 2.55. The molecular weight excluding hydrogens is 325 g/mol. The van der Waals surface area contributed by atoms with Crippen LogP contribution in [0.2, 0.25) is 0 Å². The van der Waals surface area contributed by atoms with E-state index >= 15 is 0 Å². The van der Waals surface area contributed by atoms with Crippen molar-refractivity contribution in [2.24, 2.45) is 0 Å². The summed E-state index contributed by atoms with van der Waals surface area (Å²) in [6.45, 7) is 10.8. The second kappa shape index (κ2) is 14.5. The minimum absolute atomic E-state index is 0.